The van der Waals surface area contributed by atoms with Crippen molar-refractivity contribution < 1.29 is 1.43 Å². The molecule has 0 aromatic heterocycles. The molecular weight excluding hydrogens is 166 g/mol. The summed E-state index contributed by atoms with van der Waals surface area (Å²) in [5.41, 5.74) is 1.51. The molecule has 0 unspecified atom stereocenters. The molecule has 0 amide bonds. The predicted octanol–water partition coefficient (Wildman–Crippen LogP) is 3.10. The molecule has 1 nitrogen and oxygen atoms in total. The van der Waals surface area contributed by atoms with Crippen molar-refractivity contribution in [1.29, 1.82) is 0 Å². The van der Waals surface area contributed by atoms with Gasteiger partial charge in [0.05, 0.1) is 0 Å². The summed E-state index contributed by atoms with van der Waals surface area (Å²) < 4.78 is 0. The van der Waals surface area contributed by atoms with Gasteiger partial charge in [0.2, 0.25) is 0 Å². The van der Waals surface area contributed by atoms with E-state index in [1.165, 1.54) is 10.6 Å². The Balaban J connectivity index is 0.000000845. The van der Waals surface area contributed by atoms with Crippen LogP contribution in [0.1, 0.15) is 15.3 Å². The molecule has 1 aliphatic rings. The first kappa shape index (κ1) is 7.99. The van der Waals surface area contributed by atoms with Crippen molar-refractivity contribution in [2.75, 3.05) is 11.1 Å². The lowest BCUT2D eigenvalue weighted by Gasteiger charge is -2.32. The second-order valence-corrected chi connectivity index (χ2v) is 4.81. The Bertz CT molecular complexity index is 299. The largest absolute Gasteiger partial charge is 1.00 e. The zero-order valence-electron chi connectivity index (χ0n) is 8.42. The van der Waals surface area contributed by atoms with Crippen molar-refractivity contribution in [3.8, 4) is 0 Å². The third-order valence-electron chi connectivity index (χ3n) is 1.95. The minimum absolute atomic E-state index is 0. The summed E-state index contributed by atoms with van der Waals surface area (Å²) in [5, 5.41) is 3.52. The third kappa shape index (κ3) is 1.44. The molecule has 0 aliphatic carbocycles. The van der Waals surface area contributed by atoms with Gasteiger partial charge < -0.3 is 5.32 Å². The maximum absolute atomic E-state index is 3.52. The van der Waals surface area contributed by atoms with Crippen LogP contribution < -0.4 is 5.32 Å². The second-order valence-electron chi connectivity index (χ2n) is 3.79. The highest BCUT2D eigenvalue weighted by Crippen LogP contribution is 2.36. The van der Waals surface area contributed by atoms with Crippen LogP contribution in [0.2, 0.25) is 0 Å². The lowest BCUT2D eigenvalue weighted by Crippen LogP contribution is -2.36. The van der Waals surface area contributed by atoms with Crippen LogP contribution >= 0.6 is 11.8 Å². The van der Waals surface area contributed by atoms with Gasteiger partial charge in [-0.3, -0.25) is 0 Å². The van der Waals surface area contributed by atoms with Crippen LogP contribution in [-0.4, -0.2) is 11.3 Å². The van der Waals surface area contributed by atoms with Crippen LogP contribution in [-0.2, 0) is 0 Å². The number of hydrogen-bond donors (Lipinski definition) is 1. The van der Waals surface area contributed by atoms with E-state index in [9.17, 15) is 0 Å². The molecule has 2 rings (SSSR count). The Labute approximate surface area is 79.0 Å². The average Bonchev–Trinajstić information content (AvgIpc) is 2.02. The Morgan fingerprint density at radius 3 is 3.00 bits per heavy atom. The maximum atomic E-state index is 3.52. The molecule has 0 saturated carbocycles. The molecule has 1 aliphatic heterocycles. The van der Waals surface area contributed by atoms with E-state index in [0.717, 1.165) is 5.75 Å². The zero-order valence-corrected chi connectivity index (χ0v) is 8.24. The number of para-hydroxylation sites is 1. The predicted molar refractivity (Wildman–Crippen MR) is 56.0 cm³/mol. The molecule has 0 saturated heterocycles. The second kappa shape index (κ2) is 2.70. The molecular formula is C10H14NS+. The highest BCUT2D eigenvalue weighted by atomic mass is 32.2. The van der Waals surface area contributed by atoms with E-state index in [4.69, 9.17) is 0 Å². The van der Waals surface area contributed by atoms with E-state index in [1.54, 1.807) is 0 Å². The van der Waals surface area contributed by atoms with Crippen molar-refractivity contribution in [1.82, 2.24) is 0 Å². The van der Waals surface area contributed by atoms with Crippen LogP contribution in [0.5, 0.6) is 0 Å². The van der Waals surface area contributed by atoms with Crippen LogP contribution in [0.25, 0.3) is 0 Å². The van der Waals surface area contributed by atoms with Crippen molar-refractivity contribution >= 4 is 17.4 Å². The van der Waals surface area contributed by atoms with E-state index in [2.05, 4.69) is 43.4 Å². The van der Waals surface area contributed by atoms with E-state index >= 15 is 0 Å². The third-order valence-corrected chi connectivity index (χ3v) is 3.48. The Hall–Kier alpha value is -0.630. The molecule has 1 N–H and O–H groups in total. The van der Waals surface area contributed by atoms with Gasteiger partial charge >= 0.3 is 1.43 Å². The number of rotatable bonds is 0. The van der Waals surface area contributed by atoms with Crippen LogP contribution in [0.4, 0.5) is 5.69 Å². The van der Waals surface area contributed by atoms with Gasteiger partial charge in [-0.1, -0.05) is 12.1 Å². The van der Waals surface area contributed by atoms with Crippen molar-refractivity contribution in [2.24, 2.45) is 0 Å². The fourth-order valence-corrected chi connectivity index (χ4v) is 2.39. The smallest absolute Gasteiger partial charge is 0.378 e. The van der Waals surface area contributed by atoms with E-state index in [1.807, 2.05) is 11.8 Å². The zero-order chi connectivity index (χ0) is 8.60. The standard InChI is InChI=1S/C10H13NS/c1-10(2)7-12-9-6-4-3-5-8(9)11-10/h3-6,11H,7H2,1-2H3/p+1. The summed E-state index contributed by atoms with van der Waals surface area (Å²) in [6, 6.07) is 8.48. The van der Waals surface area contributed by atoms with Gasteiger partial charge in [0.15, 0.2) is 0 Å². The normalized spacial score (nSPS) is 19.5. The molecule has 12 heavy (non-hydrogen) atoms. The Morgan fingerprint density at radius 1 is 1.42 bits per heavy atom. The van der Waals surface area contributed by atoms with Gasteiger partial charge in [-0.05, 0) is 26.0 Å². The molecule has 0 spiro atoms. The number of thioether (sulfide) groups is 1. The molecule has 0 bridgehead atoms. The molecule has 1 heterocycles. The molecule has 1 aromatic rings. The SMILES string of the molecule is CC1(C)CSc2ccccc2N1.[H+]. The summed E-state index contributed by atoms with van der Waals surface area (Å²) in [7, 11) is 0. The van der Waals surface area contributed by atoms with Crippen molar-refractivity contribution in [3.63, 3.8) is 0 Å². The molecule has 0 radical (unpaired) electrons. The summed E-state index contributed by atoms with van der Waals surface area (Å²) in [6.45, 7) is 4.46. The number of hydrogen-bond acceptors (Lipinski definition) is 2. The van der Waals surface area contributed by atoms with Crippen LogP contribution in [0.15, 0.2) is 29.2 Å². The van der Waals surface area contributed by atoms with Gasteiger partial charge in [0, 0.05) is 21.9 Å². The highest BCUT2D eigenvalue weighted by Gasteiger charge is 2.23. The fraction of sp³-hybridized carbons (Fsp3) is 0.400. The highest BCUT2D eigenvalue weighted by molar-refractivity contribution is 7.99. The number of benzene rings is 1. The van der Waals surface area contributed by atoms with Gasteiger partial charge in [-0.15, -0.1) is 11.8 Å². The lowest BCUT2D eigenvalue weighted by atomic mass is 10.1. The quantitative estimate of drug-likeness (QED) is 0.658. The van der Waals surface area contributed by atoms with E-state index < -0.39 is 0 Å². The molecule has 0 fully saturated rings. The number of anilines is 1. The number of fused-ring (bicyclic) bond motifs is 1. The minimum atomic E-state index is 0. The first-order valence-electron chi connectivity index (χ1n) is 4.17. The van der Waals surface area contributed by atoms with Gasteiger partial charge in [-0.2, -0.15) is 0 Å². The molecule has 1 aromatic carbocycles. The Morgan fingerprint density at radius 2 is 2.17 bits per heavy atom. The van der Waals surface area contributed by atoms with E-state index in [-0.39, 0.29) is 6.97 Å². The van der Waals surface area contributed by atoms with Gasteiger partial charge in [0.25, 0.3) is 0 Å². The van der Waals surface area contributed by atoms with Crippen LogP contribution in [0, 0.1) is 0 Å². The van der Waals surface area contributed by atoms with Crippen LogP contribution in [0.3, 0.4) is 0 Å². The molecule has 64 valence electrons. The molecule has 0 atom stereocenters. The number of nitrogens with one attached hydrogen (secondary N) is 1. The summed E-state index contributed by atoms with van der Waals surface area (Å²) in [4.78, 5) is 1.37. The van der Waals surface area contributed by atoms with Crippen molar-refractivity contribution in [2.45, 2.75) is 24.3 Å². The van der Waals surface area contributed by atoms with Gasteiger partial charge in [0.1, 0.15) is 0 Å². The summed E-state index contributed by atoms with van der Waals surface area (Å²) >= 11 is 1.93. The average molecular weight is 180 g/mol. The maximum Gasteiger partial charge on any atom is 1.00 e. The van der Waals surface area contributed by atoms with E-state index in [0.29, 0.717) is 0 Å². The fourth-order valence-electron chi connectivity index (χ4n) is 1.35. The monoisotopic (exact) mass is 180 g/mol. The topological polar surface area (TPSA) is 12.0 Å². The van der Waals surface area contributed by atoms with Gasteiger partial charge in [-0.25, -0.2) is 0 Å². The lowest BCUT2D eigenvalue weighted by molar-refractivity contribution is 0.637. The molecule has 2 heteroatoms. The summed E-state index contributed by atoms with van der Waals surface area (Å²) in [5.74, 6) is 1.14. The minimum Gasteiger partial charge on any atom is -0.378 e. The first-order chi connectivity index (χ1) is 5.67. The summed E-state index contributed by atoms with van der Waals surface area (Å²) in [6.07, 6.45) is 0. The van der Waals surface area contributed by atoms with Crippen molar-refractivity contribution in [3.05, 3.63) is 24.3 Å². The Kier molecular flexibility index (Phi) is 1.80. The first-order valence-corrected chi connectivity index (χ1v) is 5.16.